The van der Waals surface area contributed by atoms with Crippen LogP contribution in [-0.2, 0) is 6.42 Å². The smallest absolute Gasteiger partial charge is 0.143 e. The van der Waals surface area contributed by atoms with E-state index in [0.29, 0.717) is 29.2 Å². The van der Waals surface area contributed by atoms with Crippen molar-refractivity contribution in [3.05, 3.63) is 23.5 Å². The zero-order chi connectivity index (χ0) is 11.3. The van der Waals surface area contributed by atoms with Crippen molar-refractivity contribution in [3.8, 4) is 5.75 Å². The van der Waals surface area contributed by atoms with E-state index in [0.717, 1.165) is 6.42 Å². The van der Waals surface area contributed by atoms with Crippen LogP contribution in [-0.4, -0.2) is 19.9 Å². The normalized spacial score (nSPS) is 10.4. The number of methoxy groups -OCH3 is 1. The number of nitrogens with two attached hydrogens (primary N) is 1. The molecule has 2 N–H and O–H groups in total. The summed E-state index contributed by atoms with van der Waals surface area (Å²) in [6, 6.07) is 3.57. The van der Waals surface area contributed by atoms with Crippen LogP contribution in [0, 0.1) is 5.82 Å². The first-order valence-electron chi connectivity index (χ1n) is 4.84. The van der Waals surface area contributed by atoms with Crippen LogP contribution in [0.15, 0.2) is 17.0 Å². The molecule has 0 aliphatic rings. The van der Waals surface area contributed by atoms with Crippen molar-refractivity contribution in [3.63, 3.8) is 0 Å². The van der Waals surface area contributed by atoms with Crippen molar-refractivity contribution in [2.24, 2.45) is 5.73 Å². The minimum atomic E-state index is -0.171. The molecule has 2 nitrogen and oxygen atoms in total. The van der Waals surface area contributed by atoms with Crippen LogP contribution in [0.25, 0.3) is 0 Å². The lowest BCUT2D eigenvalue weighted by Crippen LogP contribution is -2.02. The maximum atomic E-state index is 13.9. The summed E-state index contributed by atoms with van der Waals surface area (Å²) in [6.45, 7) is 0.583. The summed E-state index contributed by atoms with van der Waals surface area (Å²) in [5.41, 5.74) is 6.11. The summed E-state index contributed by atoms with van der Waals surface area (Å²) in [6.07, 6.45) is 3.32. The van der Waals surface area contributed by atoms with Gasteiger partial charge in [-0.15, -0.1) is 11.8 Å². The second-order valence-electron chi connectivity index (χ2n) is 3.17. The van der Waals surface area contributed by atoms with E-state index >= 15 is 0 Å². The van der Waals surface area contributed by atoms with E-state index in [9.17, 15) is 4.39 Å². The van der Waals surface area contributed by atoms with E-state index < -0.39 is 0 Å². The van der Waals surface area contributed by atoms with Crippen LogP contribution < -0.4 is 10.5 Å². The van der Waals surface area contributed by atoms with Crippen molar-refractivity contribution in [2.45, 2.75) is 17.7 Å². The molecule has 0 aliphatic carbocycles. The first kappa shape index (κ1) is 12.3. The van der Waals surface area contributed by atoms with E-state index in [1.54, 1.807) is 19.2 Å². The molecule has 0 spiro atoms. The molecule has 15 heavy (non-hydrogen) atoms. The molecule has 0 saturated carbocycles. The van der Waals surface area contributed by atoms with Gasteiger partial charge in [-0.05, 0) is 37.3 Å². The van der Waals surface area contributed by atoms with Gasteiger partial charge in [0.05, 0.1) is 12.0 Å². The van der Waals surface area contributed by atoms with Crippen molar-refractivity contribution >= 4 is 11.8 Å². The van der Waals surface area contributed by atoms with E-state index in [1.807, 2.05) is 6.26 Å². The molecule has 1 rings (SSSR count). The lowest BCUT2D eigenvalue weighted by atomic mass is 10.1. The minimum absolute atomic E-state index is 0.171. The number of thioether (sulfide) groups is 1. The highest BCUT2D eigenvalue weighted by atomic mass is 32.2. The summed E-state index contributed by atoms with van der Waals surface area (Å²) in [7, 11) is 1.55. The Morgan fingerprint density at radius 2 is 2.20 bits per heavy atom. The first-order chi connectivity index (χ1) is 7.24. The Labute approximate surface area is 94.0 Å². The number of aryl methyl sites for hydroxylation is 1. The third-order valence-electron chi connectivity index (χ3n) is 2.22. The quantitative estimate of drug-likeness (QED) is 0.788. The Hall–Kier alpha value is -0.740. The fraction of sp³-hybridized carbons (Fsp3) is 0.455. The molecule has 0 heterocycles. The topological polar surface area (TPSA) is 35.2 Å². The molecule has 0 radical (unpaired) electrons. The van der Waals surface area contributed by atoms with Crippen LogP contribution in [0.2, 0.25) is 0 Å². The van der Waals surface area contributed by atoms with Crippen molar-refractivity contribution < 1.29 is 9.13 Å². The van der Waals surface area contributed by atoms with Gasteiger partial charge in [-0.25, -0.2) is 4.39 Å². The molecule has 0 fully saturated rings. The summed E-state index contributed by atoms with van der Waals surface area (Å²) < 4.78 is 19.0. The molecule has 0 aliphatic heterocycles. The molecular formula is C11H16FNOS. The predicted octanol–water partition coefficient (Wildman–Crippen LogP) is 2.45. The molecule has 0 bridgehead atoms. The lowest BCUT2D eigenvalue weighted by Gasteiger charge is -2.10. The monoisotopic (exact) mass is 229 g/mol. The van der Waals surface area contributed by atoms with Crippen molar-refractivity contribution in [1.82, 2.24) is 0 Å². The molecule has 0 aromatic heterocycles. The number of ether oxygens (including phenoxy) is 1. The largest absolute Gasteiger partial charge is 0.495 e. The average Bonchev–Trinajstić information content (AvgIpc) is 2.27. The Balaban J connectivity index is 3.00. The second-order valence-corrected chi connectivity index (χ2v) is 3.98. The Bertz CT molecular complexity index is 331. The first-order valence-corrected chi connectivity index (χ1v) is 6.06. The van der Waals surface area contributed by atoms with Crippen molar-refractivity contribution in [2.75, 3.05) is 19.9 Å². The molecule has 84 valence electrons. The van der Waals surface area contributed by atoms with Crippen LogP contribution >= 0.6 is 11.8 Å². The van der Waals surface area contributed by atoms with Crippen LogP contribution in [0.5, 0.6) is 5.75 Å². The molecule has 0 unspecified atom stereocenters. The summed E-state index contributed by atoms with van der Waals surface area (Å²) in [4.78, 5) is 0.576. The maximum Gasteiger partial charge on any atom is 0.143 e. The van der Waals surface area contributed by atoms with Gasteiger partial charge >= 0.3 is 0 Å². The van der Waals surface area contributed by atoms with Crippen LogP contribution in [0.1, 0.15) is 12.0 Å². The summed E-state index contributed by atoms with van der Waals surface area (Å²) >= 11 is 1.36. The SMILES string of the molecule is COc1ccc(CCCN)c(F)c1SC. The summed E-state index contributed by atoms with van der Waals surface area (Å²) in [5.74, 6) is 0.423. The zero-order valence-electron chi connectivity index (χ0n) is 9.05. The number of hydrogen-bond donors (Lipinski definition) is 1. The van der Waals surface area contributed by atoms with Gasteiger partial charge in [-0.2, -0.15) is 0 Å². The van der Waals surface area contributed by atoms with Gasteiger partial charge in [-0.1, -0.05) is 6.07 Å². The van der Waals surface area contributed by atoms with E-state index in [1.165, 1.54) is 11.8 Å². The molecule has 0 amide bonds. The molecule has 1 aromatic carbocycles. The van der Waals surface area contributed by atoms with Gasteiger partial charge in [0.2, 0.25) is 0 Å². The van der Waals surface area contributed by atoms with Gasteiger partial charge in [-0.3, -0.25) is 0 Å². The van der Waals surface area contributed by atoms with Gasteiger partial charge in [0.1, 0.15) is 11.6 Å². The predicted molar refractivity (Wildman–Crippen MR) is 62.1 cm³/mol. The number of hydrogen-bond acceptors (Lipinski definition) is 3. The Morgan fingerprint density at radius 1 is 1.47 bits per heavy atom. The zero-order valence-corrected chi connectivity index (χ0v) is 9.86. The minimum Gasteiger partial charge on any atom is -0.495 e. The van der Waals surface area contributed by atoms with Crippen molar-refractivity contribution in [1.29, 1.82) is 0 Å². The van der Waals surface area contributed by atoms with Gasteiger partial charge in [0.25, 0.3) is 0 Å². The van der Waals surface area contributed by atoms with E-state index in [-0.39, 0.29) is 5.82 Å². The Kier molecular flexibility index (Phi) is 4.91. The highest BCUT2D eigenvalue weighted by Gasteiger charge is 2.12. The fourth-order valence-electron chi connectivity index (χ4n) is 1.42. The third kappa shape index (κ3) is 2.86. The Morgan fingerprint density at radius 3 is 2.73 bits per heavy atom. The molecule has 0 saturated heterocycles. The van der Waals surface area contributed by atoms with Crippen LogP contribution in [0.3, 0.4) is 0 Å². The van der Waals surface area contributed by atoms with Gasteiger partial charge in [0.15, 0.2) is 0 Å². The lowest BCUT2D eigenvalue weighted by molar-refractivity contribution is 0.396. The molecule has 1 aromatic rings. The average molecular weight is 229 g/mol. The standard InChI is InChI=1S/C11H16FNOS/c1-14-9-6-5-8(4-3-7-13)10(12)11(9)15-2/h5-6H,3-4,7,13H2,1-2H3. The maximum absolute atomic E-state index is 13.9. The number of benzene rings is 1. The van der Waals surface area contributed by atoms with E-state index in [2.05, 4.69) is 0 Å². The highest BCUT2D eigenvalue weighted by Crippen LogP contribution is 2.32. The summed E-state index contributed by atoms with van der Waals surface area (Å²) in [5, 5.41) is 0. The highest BCUT2D eigenvalue weighted by molar-refractivity contribution is 7.98. The molecule has 4 heteroatoms. The van der Waals surface area contributed by atoms with Gasteiger partial charge < -0.3 is 10.5 Å². The number of halogens is 1. The fourth-order valence-corrected chi connectivity index (χ4v) is 2.08. The molecular weight excluding hydrogens is 213 g/mol. The van der Waals surface area contributed by atoms with Gasteiger partial charge in [0, 0.05) is 0 Å². The molecule has 0 atom stereocenters. The van der Waals surface area contributed by atoms with Crippen LogP contribution in [0.4, 0.5) is 4.39 Å². The number of rotatable bonds is 5. The second kappa shape index (κ2) is 5.98. The third-order valence-corrected chi connectivity index (χ3v) is 3.00. The van der Waals surface area contributed by atoms with E-state index in [4.69, 9.17) is 10.5 Å².